The van der Waals surface area contributed by atoms with E-state index in [9.17, 15) is 9.18 Å². The van der Waals surface area contributed by atoms with Gasteiger partial charge in [-0.1, -0.05) is 11.6 Å². The predicted octanol–water partition coefficient (Wildman–Crippen LogP) is 2.36. The van der Waals surface area contributed by atoms with Crippen molar-refractivity contribution in [3.63, 3.8) is 0 Å². The molecular weight excluding hydrogens is 193 g/mol. The van der Waals surface area contributed by atoms with Gasteiger partial charge in [0.2, 0.25) is 0 Å². The van der Waals surface area contributed by atoms with Crippen molar-refractivity contribution >= 4 is 23.6 Å². The fourth-order valence-corrected chi connectivity index (χ4v) is 1.19. The van der Waals surface area contributed by atoms with Crippen molar-refractivity contribution in [2.24, 2.45) is 0 Å². The first kappa shape index (κ1) is 9.99. The molecule has 1 aromatic carbocycles. The first-order chi connectivity index (χ1) is 6.06. The van der Waals surface area contributed by atoms with Crippen LogP contribution in [0.2, 0.25) is 5.02 Å². The SMILES string of the molecule is CN(C)c1cc(F)c(C=O)c(Cl)c1. The maximum atomic E-state index is 13.1. The molecule has 0 spiro atoms. The monoisotopic (exact) mass is 201 g/mol. The van der Waals surface area contributed by atoms with Gasteiger partial charge < -0.3 is 4.90 Å². The maximum absolute atomic E-state index is 13.1. The van der Waals surface area contributed by atoms with E-state index in [0.29, 0.717) is 12.0 Å². The van der Waals surface area contributed by atoms with E-state index in [1.807, 2.05) is 0 Å². The molecule has 0 aliphatic rings. The molecule has 0 aliphatic heterocycles. The van der Waals surface area contributed by atoms with Crippen LogP contribution in [0.15, 0.2) is 12.1 Å². The topological polar surface area (TPSA) is 20.3 Å². The van der Waals surface area contributed by atoms with E-state index >= 15 is 0 Å². The molecule has 0 aromatic heterocycles. The second-order valence-electron chi connectivity index (χ2n) is 2.84. The minimum atomic E-state index is -0.591. The number of benzene rings is 1. The van der Waals surface area contributed by atoms with E-state index in [4.69, 9.17) is 11.6 Å². The predicted molar refractivity (Wildman–Crippen MR) is 51.1 cm³/mol. The lowest BCUT2D eigenvalue weighted by Crippen LogP contribution is -2.09. The van der Waals surface area contributed by atoms with Crippen molar-refractivity contribution in [1.82, 2.24) is 0 Å². The minimum absolute atomic E-state index is 0.0905. The Labute approximate surface area is 80.9 Å². The fourth-order valence-electron chi connectivity index (χ4n) is 0.942. The van der Waals surface area contributed by atoms with Crippen LogP contribution < -0.4 is 4.90 Å². The lowest BCUT2D eigenvalue weighted by atomic mass is 10.2. The Morgan fingerprint density at radius 2 is 2.08 bits per heavy atom. The molecular formula is C9H9ClFNO. The summed E-state index contributed by atoms with van der Waals surface area (Å²) in [6, 6.07) is 2.82. The molecule has 0 aliphatic carbocycles. The van der Waals surface area contributed by atoms with E-state index in [-0.39, 0.29) is 10.6 Å². The highest BCUT2D eigenvalue weighted by molar-refractivity contribution is 6.33. The number of hydrogen-bond donors (Lipinski definition) is 0. The van der Waals surface area contributed by atoms with Crippen molar-refractivity contribution in [2.45, 2.75) is 0 Å². The zero-order chi connectivity index (χ0) is 10.0. The number of rotatable bonds is 2. The second kappa shape index (κ2) is 3.75. The lowest BCUT2D eigenvalue weighted by molar-refractivity contribution is 0.112. The van der Waals surface area contributed by atoms with E-state index in [1.54, 1.807) is 25.1 Å². The van der Waals surface area contributed by atoms with E-state index in [0.717, 1.165) is 0 Å². The molecule has 1 aromatic rings. The molecule has 70 valence electrons. The highest BCUT2D eigenvalue weighted by Gasteiger charge is 2.09. The van der Waals surface area contributed by atoms with Crippen molar-refractivity contribution in [3.05, 3.63) is 28.5 Å². The molecule has 4 heteroatoms. The molecule has 0 fully saturated rings. The summed E-state index contributed by atoms with van der Waals surface area (Å²) in [6.45, 7) is 0. The van der Waals surface area contributed by atoms with Crippen LogP contribution in [-0.2, 0) is 0 Å². The van der Waals surface area contributed by atoms with Gasteiger partial charge in [-0.15, -0.1) is 0 Å². The number of anilines is 1. The summed E-state index contributed by atoms with van der Waals surface area (Å²) in [5.41, 5.74) is 0.542. The van der Waals surface area contributed by atoms with Crippen LogP contribution in [0.4, 0.5) is 10.1 Å². The normalized spacial score (nSPS) is 9.85. The van der Waals surface area contributed by atoms with Crippen molar-refractivity contribution < 1.29 is 9.18 Å². The Balaban J connectivity index is 3.28. The molecule has 0 radical (unpaired) electrons. The molecule has 0 atom stereocenters. The molecule has 0 unspecified atom stereocenters. The molecule has 2 nitrogen and oxygen atoms in total. The molecule has 0 amide bonds. The van der Waals surface area contributed by atoms with Gasteiger partial charge in [0.05, 0.1) is 10.6 Å². The summed E-state index contributed by atoms with van der Waals surface area (Å²) < 4.78 is 13.1. The number of nitrogens with zero attached hydrogens (tertiary/aromatic N) is 1. The molecule has 0 saturated heterocycles. The lowest BCUT2D eigenvalue weighted by Gasteiger charge is -2.13. The molecule has 0 heterocycles. The molecule has 0 bridgehead atoms. The zero-order valence-electron chi connectivity index (χ0n) is 7.34. The summed E-state index contributed by atoms with van der Waals surface area (Å²) >= 11 is 5.68. The van der Waals surface area contributed by atoms with Crippen LogP contribution in [0.1, 0.15) is 10.4 Å². The highest BCUT2D eigenvalue weighted by Crippen LogP contribution is 2.24. The van der Waals surface area contributed by atoms with E-state index in [1.165, 1.54) is 6.07 Å². The van der Waals surface area contributed by atoms with Crippen molar-refractivity contribution in [1.29, 1.82) is 0 Å². The second-order valence-corrected chi connectivity index (χ2v) is 3.24. The van der Waals surface area contributed by atoms with Gasteiger partial charge in [0.25, 0.3) is 0 Å². The Hall–Kier alpha value is -1.09. The van der Waals surface area contributed by atoms with Crippen LogP contribution in [0.25, 0.3) is 0 Å². The molecule has 0 N–H and O–H groups in total. The number of halogens is 2. The van der Waals surface area contributed by atoms with Gasteiger partial charge >= 0.3 is 0 Å². The van der Waals surface area contributed by atoms with Crippen molar-refractivity contribution in [3.8, 4) is 0 Å². The summed E-state index contributed by atoms with van der Waals surface area (Å²) in [4.78, 5) is 12.1. The summed E-state index contributed by atoms with van der Waals surface area (Å²) in [5.74, 6) is -0.591. The number of carbonyl (C=O) groups excluding carboxylic acids is 1. The first-order valence-electron chi connectivity index (χ1n) is 3.68. The minimum Gasteiger partial charge on any atom is -0.378 e. The van der Waals surface area contributed by atoms with E-state index < -0.39 is 5.82 Å². The van der Waals surface area contributed by atoms with Crippen molar-refractivity contribution in [2.75, 3.05) is 19.0 Å². The molecule has 13 heavy (non-hydrogen) atoms. The van der Waals surface area contributed by atoms with Gasteiger partial charge in [0.15, 0.2) is 6.29 Å². The first-order valence-corrected chi connectivity index (χ1v) is 4.05. The van der Waals surface area contributed by atoms with Gasteiger partial charge in [-0.25, -0.2) is 4.39 Å². The van der Waals surface area contributed by atoms with Gasteiger partial charge in [-0.2, -0.15) is 0 Å². The summed E-state index contributed by atoms with van der Waals surface area (Å²) in [6.07, 6.45) is 0.414. The third-order valence-corrected chi connectivity index (χ3v) is 2.01. The van der Waals surface area contributed by atoms with Crippen LogP contribution in [-0.4, -0.2) is 20.4 Å². The largest absolute Gasteiger partial charge is 0.378 e. The van der Waals surface area contributed by atoms with Crippen LogP contribution in [0.5, 0.6) is 0 Å². The standard InChI is InChI=1S/C9H9ClFNO/c1-12(2)6-3-8(10)7(5-13)9(11)4-6/h3-5H,1-2H3. The quantitative estimate of drug-likeness (QED) is 0.685. The third kappa shape index (κ3) is 1.98. The Morgan fingerprint density at radius 1 is 1.46 bits per heavy atom. The molecule has 0 saturated carbocycles. The van der Waals surface area contributed by atoms with Crippen LogP contribution in [0.3, 0.4) is 0 Å². The third-order valence-electron chi connectivity index (χ3n) is 1.70. The van der Waals surface area contributed by atoms with Gasteiger partial charge in [-0.3, -0.25) is 4.79 Å². The van der Waals surface area contributed by atoms with Gasteiger partial charge in [0, 0.05) is 19.8 Å². The summed E-state index contributed by atoms with van der Waals surface area (Å²) in [5, 5.41) is 0.138. The summed E-state index contributed by atoms with van der Waals surface area (Å²) in [7, 11) is 3.54. The number of hydrogen-bond acceptors (Lipinski definition) is 2. The Bertz CT molecular complexity index is 315. The average molecular weight is 202 g/mol. The van der Waals surface area contributed by atoms with Crippen LogP contribution in [0, 0.1) is 5.82 Å². The van der Waals surface area contributed by atoms with Crippen LogP contribution >= 0.6 is 11.6 Å². The number of aldehydes is 1. The molecule has 1 rings (SSSR count). The Kier molecular flexibility index (Phi) is 2.88. The zero-order valence-corrected chi connectivity index (χ0v) is 8.10. The smallest absolute Gasteiger partial charge is 0.154 e. The highest BCUT2D eigenvalue weighted by atomic mass is 35.5. The van der Waals surface area contributed by atoms with Gasteiger partial charge in [0.1, 0.15) is 5.82 Å². The average Bonchev–Trinajstić information content (AvgIpc) is 2.03. The van der Waals surface area contributed by atoms with Gasteiger partial charge in [-0.05, 0) is 12.1 Å². The Morgan fingerprint density at radius 3 is 2.46 bits per heavy atom. The fraction of sp³-hybridized carbons (Fsp3) is 0.222. The maximum Gasteiger partial charge on any atom is 0.154 e. The van der Waals surface area contributed by atoms with E-state index in [2.05, 4.69) is 0 Å². The number of carbonyl (C=O) groups is 1.